The molecule has 128 valence electrons. The molecule has 0 saturated carbocycles. The molecule has 0 amide bonds. The lowest BCUT2D eigenvalue weighted by Gasteiger charge is -2.16. The van der Waals surface area contributed by atoms with Crippen molar-refractivity contribution >= 4 is 16.0 Å². The lowest BCUT2D eigenvalue weighted by Crippen LogP contribution is -2.22. The van der Waals surface area contributed by atoms with Gasteiger partial charge in [-0.15, -0.1) is 0 Å². The molecule has 0 unspecified atom stereocenters. The van der Waals surface area contributed by atoms with Gasteiger partial charge in [0, 0.05) is 14.1 Å². The summed E-state index contributed by atoms with van der Waals surface area (Å²) in [6.45, 7) is 3.53. The highest BCUT2D eigenvalue weighted by atomic mass is 32.2. The average molecular weight is 347 g/mol. The Labute approximate surface area is 142 Å². The summed E-state index contributed by atoms with van der Waals surface area (Å²) in [7, 11) is -0.707. The van der Waals surface area contributed by atoms with Gasteiger partial charge in [-0.05, 0) is 37.1 Å². The Morgan fingerprint density at radius 1 is 1.08 bits per heavy atom. The highest BCUT2D eigenvalue weighted by Crippen LogP contribution is 2.22. The van der Waals surface area contributed by atoms with Crippen LogP contribution in [0.4, 0.5) is 0 Å². The van der Waals surface area contributed by atoms with Crippen LogP contribution in [-0.4, -0.2) is 32.8 Å². The first-order chi connectivity index (χ1) is 11.2. The number of sulfonamides is 1. The van der Waals surface area contributed by atoms with E-state index in [0.29, 0.717) is 5.56 Å². The fourth-order valence-electron chi connectivity index (χ4n) is 2.21. The van der Waals surface area contributed by atoms with Crippen LogP contribution in [0.3, 0.4) is 0 Å². The van der Waals surface area contributed by atoms with Crippen LogP contribution in [0.25, 0.3) is 0 Å². The van der Waals surface area contributed by atoms with Crippen molar-refractivity contribution in [2.45, 2.75) is 24.8 Å². The molecule has 0 aliphatic rings. The number of hydrogen-bond acceptors (Lipinski definition) is 4. The van der Waals surface area contributed by atoms with Crippen molar-refractivity contribution in [2.75, 3.05) is 14.1 Å². The Morgan fingerprint density at radius 3 is 2.29 bits per heavy atom. The number of nitrogens with zero attached hydrogens (tertiary/aromatic N) is 1. The normalized spacial score (nSPS) is 12.9. The Morgan fingerprint density at radius 2 is 1.71 bits per heavy atom. The van der Waals surface area contributed by atoms with E-state index in [4.69, 9.17) is 4.74 Å². The smallest absolute Gasteiger partial charge is 0.339 e. The van der Waals surface area contributed by atoms with Crippen molar-refractivity contribution in [3.8, 4) is 0 Å². The largest absolute Gasteiger partial charge is 0.454 e. The van der Waals surface area contributed by atoms with Gasteiger partial charge in [-0.3, -0.25) is 0 Å². The molecule has 0 bridgehead atoms. The molecule has 0 aliphatic heterocycles. The van der Waals surface area contributed by atoms with Crippen molar-refractivity contribution in [2.24, 2.45) is 0 Å². The molecule has 0 spiro atoms. The third-order valence-corrected chi connectivity index (χ3v) is 5.57. The maximum Gasteiger partial charge on any atom is 0.339 e. The number of benzene rings is 2. The molecule has 0 radical (unpaired) electrons. The predicted molar refractivity (Wildman–Crippen MR) is 92.3 cm³/mol. The second-order valence-electron chi connectivity index (χ2n) is 5.72. The first-order valence-electron chi connectivity index (χ1n) is 7.52. The van der Waals surface area contributed by atoms with E-state index in [1.54, 1.807) is 19.9 Å². The number of carbonyl (C=O) groups excluding carboxylic acids is 1. The van der Waals surface area contributed by atoms with E-state index < -0.39 is 22.1 Å². The predicted octanol–water partition coefficient (Wildman–Crippen LogP) is 3.16. The zero-order valence-electron chi connectivity index (χ0n) is 14.2. The van der Waals surface area contributed by atoms with Gasteiger partial charge in [0.05, 0.1) is 10.5 Å². The van der Waals surface area contributed by atoms with Crippen LogP contribution >= 0.6 is 0 Å². The number of rotatable bonds is 5. The Bertz CT molecular complexity index is 829. The fourth-order valence-corrected chi connectivity index (χ4v) is 3.14. The van der Waals surface area contributed by atoms with E-state index in [-0.39, 0.29) is 10.5 Å². The van der Waals surface area contributed by atoms with Gasteiger partial charge in [0.1, 0.15) is 6.10 Å². The Kier molecular flexibility index (Phi) is 5.41. The van der Waals surface area contributed by atoms with Crippen molar-refractivity contribution < 1.29 is 17.9 Å². The molecule has 24 heavy (non-hydrogen) atoms. The first-order valence-corrected chi connectivity index (χ1v) is 8.96. The number of ether oxygens (including phenoxy) is 1. The van der Waals surface area contributed by atoms with Crippen LogP contribution in [0, 0.1) is 6.92 Å². The van der Waals surface area contributed by atoms with Crippen LogP contribution in [0.15, 0.2) is 53.4 Å². The summed E-state index contributed by atoms with van der Waals surface area (Å²) in [5.74, 6) is -0.542. The minimum Gasteiger partial charge on any atom is -0.454 e. The molecule has 6 heteroatoms. The second kappa shape index (κ2) is 7.15. The summed E-state index contributed by atoms with van der Waals surface area (Å²) >= 11 is 0. The van der Waals surface area contributed by atoms with Crippen molar-refractivity contribution in [3.05, 3.63) is 65.2 Å². The van der Waals surface area contributed by atoms with E-state index in [9.17, 15) is 13.2 Å². The maximum absolute atomic E-state index is 12.5. The Hall–Kier alpha value is -2.18. The minimum absolute atomic E-state index is 0.0671. The highest BCUT2D eigenvalue weighted by Gasteiger charge is 2.22. The summed E-state index contributed by atoms with van der Waals surface area (Å²) in [4.78, 5) is 12.5. The minimum atomic E-state index is -3.60. The van der Waals surface area contributed by atoms with Gasteiger partial charge in [0.2, 0.25) is 10.0 Å². The van der Waals surface area contributed by atoms with Crippen molar-refractivity contribution in [1.82, 2.24) is 4.31 Å². The third kappa shape index (κ3) is 3.83. The fraction of sp³-hybridized carbons (Fsp3) is 0.278. The molecule has 0 aromatic heterocycles. The van der Waals surface area contributed by atoms with Crippen LogP contribution in [0.5, 0.6) is 0 Å². The van der Waals surface area contributed by atoms with Gasteiger partial charge in [-0.1, -0.05) is 36.4 Å². The van der Waals surface area contributed by atoms with E-state index in [2.05, 4.69) is 0 Å². The first kappa shape index (κ1) is 18.2. The van der Waals surface area contributed by atoms with Gasteiger partial charge in [0.25, 0.3) is 0 Å². The van der Waals surface area contributed by atoms with Crippen LogP contribution in [0.2, 0.25) is 0 Å². The standard InChI is InChI=1S/C18H21NO4S/c1-13-10-11-16(24(21,22)19(3)4)12-17(13)18(20)23-14(2)15-8-6-5-7-9-15/h5-12,14H,1-4H3/t14-/m1/s1. The third-order valence-electron chi connectivity index (χ3n) is 3.76. The molecule has 2 aromatic rings. The molecule has 0 aliphatic carbocycles. The quantitative estimate of drug-likeness (QED) is 0.780. The zero-order valence-corrected chi connectivity index (χ0v) is 15.0. The summed E-state index contributed by atoms with van der Waals surface area (Å²) in [5, 5.41) is 0. The number of carbonyl (C=O) groups is 1. The zero-order chi connectivity index (χ0) is 17.9. The molecule has 2 rings (SSSR count). The van der Waals surface area contributed by atoms with E-state index in [1.807, 2.05) is 30.3 Å². The molecule has 0 heterocycles. The van der Waals surface area contributed by atoms with E-state index >= 15 is 0 Å². The maximum atomic E-state index is 12.5. The monoisotopic (exact) mass is 347 g/mol. The topological polar surface area (TPSA) is 63.7 Å². The summed E-state index contributed by atoms with van der Waals surface area (Å²) in [5.41, 5.74) is 1.79. The number of esters is 1. The van der Waals surface area contributed by atoms with Gasteiger partial charge < -0.3 is 4.74 Å². The van der Waals surface area contributed by atoms with Crippen LogP contribution in [0.1, 0.15) is 34.5 Å². The average Bonchev–Trinajstić information content (AvgIpc) is 2.55. The van der Waals surface area contributed by atoms with E-state index in [0.717, 1.165) is 9.87 Å². The van der Waals surface area contributed by atoms with Gasteiger partial charge >= 0.3 is 5.97 Å². The number of aryl methyl sites for hydroxylation is 1. The van der Waals surface area contributed by atoms with E-state index in [1.165, 1.54) is 26.2 Å². The molecule has 0 N–H and O–H groups in total. The summed E-state index contributed by atoms with van der Waals surface area (Å²) in [6, 6.07) is 13.8. The number of hydrogen-bond donors (Lipinski definition) is 0. The van der Waals surface area contributed by atoms with Crippen LogP contribution in [-0.2, 0) is 14.8 Å². The molecule has 2 aromatic carbocycles. The second-order valence-corrected chi connectivity index (χ2v) is 7.87. The lowest BCUT2D eigenvalue weighted by molar-refractivity contribution is 0.0336. The summed E-state index contributed by atoms with van der Waals surface area (Å²) < 4.78 is 31.1. The van der Waals surface area contributed by atoms with Gasteiger partial charge in [-0.25, -0.2) is 17.5 Å². The molecular formula is C18H21NO4S. The molecule has 5 nitrogen and oxygen atoms in total. The lowest BCUT2D eigenvalue weighted by atomic mass is 10.1. The van der Waals surface area contributed by atoms with Crippen LogP contribution < -0.4 is 0 Å². The van der Waals surface area contributed by atoms with Gasteiger partial charge in [0.15, 0.2) is 0 Å². The molecule has 1 atom stereocenters. The molecular weight excluding hydrogens is 326 g/mol. The SMILES string of the molecule is Cc1ccc(S(=O)(=O)N(C)C)cc1C(=O)O[C@H](C)c1ccccc1. The molecule has 0 saturated heterocycles. The molecule has 0 fully saturated rings. The van der Waals surface area contributed by atoms with Crippen molar-refractivity contribution in [1.29, 1.82) is 0 Å². The summed E-state index contributed by atoms with van der Waals surface area (Å²) in [6.07, 6.45) is -0.424. The van der Waals surface area contributed by atoms with Gasteiger partial charge in [-0.2, -0.15) is 0 Å². The Balaban J connectivity index is 2.30. The highest BCUT2D eigenvalue weighted by molar-refractivity contribution is 7.89. The van der Waals surface area contributed by atoms with Crippen molar-refractivity contribution in [3.63, 3.8) is 0 Å².